The lowest BCUT2D eigenvalue weighted by atomic mass is 10.6. The maximum Gasteiger partial charge on any atom is 0.150 e. The lowest BCUT2D eigenvalue weighted by Gasteiger charge is -1.82. The third kappa shape index (κ3) is 4.58. The van der Waals surface area contributed by atoms with E-state index in [4.69, 9.17) is 23.2 Å². The van der Waals surface area contributed by atoms with Gasteiger partial charge in [0.15, 0.2) is 4.84 Å². The standard InChI is InChI=1S/C3H5Cl2/c1-2-3(4)5/h2H2,1H3. The van der Waals surface area contributed by atoms with Crippen LogP contribution in [-0.4, -0.2) is 0 Å². The summed E-state index contributed by atoms with van der Waals surface area (Å²) < 4.78 is 0. The van der Waals surface area contributed by atoms with Crippen LogP contribution in [0.3, 0.4) is 0 Å². The number of hydrogen-bond acceptors (Lipinski definition) is 0. The Morgan fingerprint density at radius 2 is 1.80 bits per heavy atom. The van der Waals surface area contributed by atoms with Crippen LogP contribution in [0, 0.1) is 4.84 Å². The molecule has 0 aliphatic rings. The third-order valence-electron chi connectivity index (χ3n) is 0.267. The van der Waals surface area contributed by atoms with Crippen molar-refractivity contribution in [2.75, 3.05) is 0 Å². The van der Waals surface area contributed by atoms with Crippen molar-refractivity contribution >= 4 is 23.2 Å². The summed E-state index contributed by atoms with van der Waals surface area (Å²) in [4.78, 5) is 0.449. The van der Waals surface area contributed by atoms with Crippen LogP contribution in [0.1, 0.15) is 13.3 Å². The first kappa shape index (κ1) is 5.58. The van der Waals surface area contributed by atoms with Crippen molar-refractivity contribution in [3.05, 3.63) is 4.84 Å². The highest BCUT2D eigenvalue weighted by Gasteiger charge is 1.88. The molecule has 0 aliphatic heterocycles. The highest BCUT2D eigenvalue weighted by atomic mass is 35.5. The molecule has 0 heterocycles. The first-order valence-corrected chi connectivity index (χ1v) is 2.19. The van der Waals surface area contributed by atoms with E-state index in [-0.39, 0.29) is 0 Å². The van der Waals surface area contributed by atoms with E-state index in [0.717, 1.165) is 6.42 Å². The molecule has 0 rings (SSSR count). The number of rotatable bonds is 1. The van der Waals surface area contributed by atoms with Crippen molar-refractivity contribution in [3.8, 4) is 0 Å². The summed E-state index contributed by atoms with van der Waals surface area (Å²) in [6.07, 6.45) is 0.753. The van der Waals surface area contributed by atoms with Crippen LogP contribution in [0.4, 0.5) is 0 Å². The van der Waals surface area contributed by atoms with E-state index >= 15 is 0 Å². The summed E-state index contributed by atoms with van der Waals surface area (Å²) in [5.41, 5.74) is 0. The van der Waals surface area contributed by atoms with E-state index in [9.17, 15) is 0 Å². The molecule has 0 fully saturated rings. The van der Waals surface area contributed by atoms with Gasteiger partial charge in [0.25, 0.3) is 0 Å². The Morgan fingerprint density at radius 1 is 1.60 bits per heavy atom. The molecular formula is C3H5Cl2. The van der Waals surface area contributed by atoms with E-state index in [0.29, 0.717) is 4.84 Å². The summed E-state index contributed by atoms with van der Waals surface area (Å²) in [6, 6.07) is 0. The lowest BCUT2D eigenvalue weighted by molar-refractivity contribution is 1.16. The normalized spacial score (nSPS) is 9.60. The lowest BCUT2D eigenvalue weighted by Crippen LogP contribution is -1.62. The number of halogens is 2. The van der Waals surface area contributed by atoms with Gasteiger partial charge >= 0.3 is 0 Å². The molecule has 0 bridgehead atoms. The molecule has 0 aromatic heterocycles. The molecule has 0 nitrogen and oxygen atoms in total. The van der Waals surface area contributed by atoms with Gasteiger partial charge in [-0.2, -0.15) is 0 Å². The molecule has 0 unspecified atom stereocenters. The third-order valence-corrected chi connectivity index (χ3v) is 0.802. The van der Waals surface area contributed by atoms with Gasteiger partial charge in [-0.05, 0) is 6.42 Å². The zero-order chi connectivity index (χ0) is 4.28. The molecule has 0 N–H and O–H groups in total. The summed E-state index contributed by atoms with van der Waals surface area (Å²) >= 11 is 10.3. The Labute approximate surface area is 42.1 Å². The van der Waals surface area contributed by atoms with Crippen molar-refractivity contribution in [1.29, 1.82) is 0 Å². The first-order chi connectivity index (χ1) is 2.27. The van der Waals surface area contributed by atoms with Crippen molar-refractivity contribution < 1.29 is 0 Å². The Hall–Kier alpha value is 0.580. The van der Waals surface area contributed by atoms with Crippen LogP contribution in [0.2, 0.25) is 0 Å². The van der Waals surface area contributed by atoms with Crippen molar-refractivity contribution in [3.63, 3.8) is 0 Å². The van der Waals surface area contributed by atoms with E-state index in [1.165, 1.54) is 0 Å². The molecule has 0 amide bonds. The average molecular weight is 112 g/mol. The second kappa shape index (κ2) is 2.80. The SMILES string of the molecule is CC[C](Cl)Cl. The number of hydrogen-bond donors (Lipinski definition) is 0. The quantitative estimate of drug-likeness (QED) is 0.488. The van der Waals surface area contributed by atoms with Crippen molar-refractivity contribution in [1.82, 2.24) is 0 Å². The Bertz CT molecular complexity index is 18.9. The predicted molar refractivity (Wildman–Crippen MR) is 25.2 cm³/mol. The van der Waals surface area contributed by atoms with Crippen LogP contribution in [0.15, 0.2) is 0 Å². The highest BCUT2D eigenvalue weighted by molar-refractivity contribution is 6.52. The molecule has 0 aromatic carbocycles. The average Bonchev–Trinajstić information content (AvgIpc) is 1.38. The van der Waals surface area contributed by atoms with Gasteiger partial charge in [-0.25, -0.2) is 0 Å². The molecule has 1 radical (unpaired) electrons. The van der Waals surface area contributed by atoms with Gasteiger partial charge < -0.3 is 0 Å². The van der Waals surface area contributed by atoms with Crippen molar-refractivity contribution in [2.45, 2.75) is 13.3 Å². The van der Waals surface area contributed by atoms with Gasteiger partial charge in [-0.3, -0.25) is 0 Å². The van der Waals surface area contributed by atoms with Crippen LogP contribution in [-0.2, 0) is 0 Å². The molecule has 0 aliphatic carbocycles. The Morgan fingerprint density at radius 3 is 1.80 bits per heavy atom. The van der Waals surface area contributed by atoms with E-state index < -0.39 is 0 Å². The maximum absolute atomic E-state index is 5.14. The van der Waals surface area contributed by atoms with E-state index in [1.54, 1.807) is 0 Å². The Balaban J connectivity index is 2.54. The van der Waals surface area contributed by atoms with Gasteiger partial charge in [0.2, 0.25) is 0 Å². The molecule has 0 aromatic rings. The summed E-state index contributed by atoms with van der Waals surface area (Å²) in [7, 11) is 0. The monoisotopic (exact) mass is 111 g/mol. The van der Waals surface area contributed by atoms with Crippen molar-refractivity contribution in [2.24, 2.45) is 0 Å². The highest BCUT2D eigenvalue weighted by Crippen LogP contribution is 2.14. The minimum atomic E-state index is 0.449. The molecule has 31 valence electrons. The van der Waals surface area contributed by atoms with E-state index in [2.05, 4.69) is 0 Å². The van der Waals surface area contributed by atoms with E-state index in [1.807, 2.05) is 6.92 Å². The van der Waals surface area contributed by atoms with Gasteiger partial charge in [0, 0.05) is 0 Å². The van der Waals surface area contributed by atoms with Crippen LogP contribution >= 0.6 is 23.2 Å². The molecule has 0 spiro atoms. The zero-order valence-electron chi connectivity index (χ0n) is 2.96. The molecule has 2 heteroatoms. The Kier molecular flexibility index (Phi) is 3.12. The smallest absolute Gasteiger partial charge is 0.0983 e. The summed E-state index contributed by atoms with van der Waals surface area (Å²) in [5, 5.41) is 0. The van der Waals surface area contributed by atoms with Gasteiger partial charge in [0.1, 0.15) is 0 Å². The zero-order valence-corrected chi connectivity index (χ0v) is 4.47. The summed E-state index contributed by atoms with van der Waals surface area (Å²) in [5.74, 6) is 0. The molecule has 5 heavy (non-hydrogen) atoms. The molecule has 0 atom stereocenters. The van der Waals surface area contributed by atoms with Gasteiger partial charge in [-0.1, -0.05) is 30.1 Å². The second-order valence-electron chi connectivity index (χ2n) is 0.692. The predicted octanol–water partition coefficient (Wildman–Crippen LogP) is 2.36. The molecule has 0 saturated carbocycles. The second-order valence-corrected chi connectivity index (χ2v) is 1.80. The largest absolute Gasteiger partial charge is 0.150 e. The van der Waals surface area contributed by atoms with Crippen LogP contribution < -0.4 is 0 Å². The maximum atomic E-state index is 5.14. The minimum Gasteiger partial charge on any atom is -0.0983 e. The molecular weight excluding hydrogens is 107 g/mol. The fraction of sp³-hybridized carbons (Fsp3) is 0.667. The van der Waals surface area contributed by atoms with Crippen LogP contribution in [0.5, 0.6) is 0 Å². The fourth-order valence-corrected chi connectivity index (χ4v) is 0. The minimum absolute atomic E-state index is 0.449. The fourth-order valence-electron chi connectivity index (χ4n) is 0. The molecule has 0 saturated heterocycles. The van der Waals surface area contributed by atoms with Crippen LogP contribution in [0.25, 0.3) is 0 Å². The first-order valence-electron chi connectivity index (χ1n) is 1.44. The summed E-state index contributed by atoms with van der Waals surface area (Å²) in [6.45, 7) is 1.90. The topological polar surface area (TPSA) is 0 Å². The van der Waals surface area contributed by atoms with Gasteiger partial charge in [-0.15, -0.1) is 0 Å². The van der Waals surface area contributed by atoms with Gasteiger partial charge in [0.05, 0.1) is 0 Å².